The third kappa shape index (κ3) is 1.60. The first-order chi connectivity index (χ1) is 8.25. The molecule has 0 aliphatic rings. The highest BCUT2D eigenvalue weighted by Gasteiger charge is 2.16. The molecule has 2 N–H and O–H groups in total. The fraction of sp³-hybridized carbons (Fsp3) is 0. The third-order valence-electron chi connectivity index (χ3n) is 2.55. The number of aromatic amines is 1. The predicted molar refractivity (Wildman–Crippen MR) is 66.4 cm³/mol. The molecule has 1 aromatic carbocycles. The van der Waals surface area contributed by atoms with Crippen LogP contribution >= 0.6 is 11.3 Å². The molecule has 0 bridgehead atoms. The monoisotopic (exact) mass is 244 g/mol. The number of carboxylic acids is 1. The highest BCUT2D eigenvalue weighted by Crippen LogP contribution is 2.27. The number of nitrogens with one attached hydrogen (secondary N) is 1. The number of aromatic carboxylic acids is 1. The third-order valence-corrected chi connectivity index (χ3v) is 3.36. The number of carboxylic acid groups (broad SMARTS) is 1. The molecule has 4 nitrogen and oxygen atoms in total. The van der Waals surface area contributed by atoms with E-state index < -0.39 is 5.97 Å². The average Bonchev–Trinajstić information content (AvgIpc) is 2.95. The molecule has 3 aromatic rings. The molecule has 0 radical (unpaired) electrons. The quantitative estimate of drug-likeness (QED) is 0.728. The molecule has 0 fully saturated rings. The number of rotatable bonds is 2. The van der Waals surface area contributed by atoms with E-state index in [1.807, 2.05) is 30.3 Å². The number of hydrogen-bond donors (Lipinski definition) is 2. The van der Waals surface area contributed by atoms with E-state index in [2.05, 4.69) is 9.97 Å². The molecule has 0 aliphatic heterocycles. The molecule has 17 heavy (non-hydrogen) atoms. The van der Waals surface area contributed by atoms with Crippen molar-refractivity contribution in [3.63, 3.8) is 0 Å². The molecule has 3 rings (SSSR count). The standard InChI is InChI=1S/C12H8N2O2S/c15-12(16)11-10(13-6-17-11)9-5-7-3-1-2-4-8(7)14-9/h1-6,14H,(H,15,16). The first kappa shape index (κ1) is 10.0. The Morgan fingerprint density at radius 2 is 2.18 bits per heavy atom. The maximum absolute atomic E-state index is 11.0. The van der Waals surface area contributed by atoms with E-state index >= 15 is 0 Å². The van der Waals surface area contributed by atoms with Gasteiger partial charge in [-0.05, 0) is 12.1 Å². The van der Waals surface area contributed by atoms with E-state index in [1.165, 1.54) is 0 Å². The van der Waals surface area contributed by atoms with E-state index in [0.29, 0.717) is 5.69 Å². The van der Waals surface area contributed by atoms with Crippen molar-refractivity contribution >= 4 is 28.2 Å². The second kappa shape index (κ2) is 3.71. The Morgan fingerprint density at radius 1 is 1.35 bits per heavy atom. The minimum atomic E-state index is -0.943. The Balaban J connectivity index is 2.20. The molecule has 0 saturated heterocycles. The van der Waals surface area contributed by atoms with Crippen molar-refractivity contribution in [2.75, 3.05) is 0 Å². The van der Waals surface area contributed by atoms with Crippen molar-refractivity contribution in [1.82, 2.24) is 9.97 Å². The van der Waals surface area contributed by atoms with Gasteiger partial charge in [-0.2, -0.15) is 0 Å². The van der Waals surface area contributed by atoms with Crippen LogP contribution in [0.1, 0.15) is 9.67 Å². The number of hydrogen-bond acceptors (Lipinski definition) is 3. The van der Waals surface area contributed by atoms with Gasteiger partial charge in [-0.15, -0.1) is 11.3 Å². The minimum absolute atomic E-state index is 0.261. The highest BCUT2D eigenvalue weighted by molar-refractivity contribution is 7.12. The van der Waals surface area contributed by atoms with Gasteiger partial charge in [0.2, 0.25) is 0 Å². The fourth-order valence-electron chi connectivity index (χ4n) is 1.79. The summed E-state index contributed by atoms with van der Waals surface area (Å²) in [5.41, 5.74) is 3.76. The first-order valence-electron chi connectivity index (χ1n) is 5.00. The summed E-state index contributed by atoms with van der Waals surface area (Å²) in [5.74, 6) is -0.943. The minimum Gasteiger partial charge on any atom is -0.477 e. The van der Waals surface area contributed by atoms with Gasteiger partial charge in [0.05, 0.1) is 11.2 Å². The van der Waals surface area contributed by atoms with E-state index in [0.717, 1.165) is 27.9 Å². The fourth-order valence-corrected chi connectivity index (χ4v) is 2.43. The number of thiazole rings is 1. The van der Waals surface area contributed by atoms with Gasteiger partial charge in [0.15, 0.2) is 0 Å². The molecule has 0 aliphatic carbocycles. The summed E-state index contributed by atoms with van der Waals surface area (Å²) in [6.45, 7) is 0. The molecule has 84 valence electrons. The largest absolute Gasteiger partial charge is 0.477 e. The zero-order chi connectivity index (χ0) is 11.8. The van der Waals surface area contributed by atoms with Gasteiger partial charge in [-0.3, -0.25) is 0 Å². The second-order valence-electron chi connectivity index (χ2n) is 3.61. The number of benzene rings is 1. The number of fused-ring (bicyclic) bond motifs is 1. The average molecular weight is 244 g/mol. The molecule has 0 spiro atoms. The van der Waals surface area contributed by atoms with Gasteiger partial charge >= 0.3 is 5.97 Å². The van der Waals surface area contributed by atoms with Gasteiger partial charge in [0.25, 0.3) is 0 Å². The molecule has 0 atom stereocenters. The van der Waals surface area contributed by atoms with Gasteiger partial charge in [0, 0.05) is 10.9 Å². The lowest BCUT2D eigenvalue weighted by molar-refractivity contribution is 0.0702. The van der Waals surface area contributed by atoms with Crippen molar-refractivity contribution in [3.05, 3.63) is 40.7 Å². The van der Waals surface area contributed by atoms with Crippen LogP contribution in [0.4, 0.5) is 0 Å². The van der Waals surface area contributed by atoms with Crippen molar-refractivity contribution in [1.29, 1.82) is 0 Å². The van der Waals surface area contributed by atoms with Gasteiger partial charge in [0.1, 0.15) is 10.6 Å². The van der Waals surface area contributed by atoms with Gasteiger partial charge in [-0.25, -0.2) is 9.78 Å². The summed E-state index contributed by atoms with van der Waals surface area (Å²) in [7, 11) is 0. The maximum atomic E-state index is 11.0. The number of aromatic nitrogens is 2. The van der Waals surface area contributed by atoms with Crippen LogP contribution in [-0.4, -0.2) is 21.0 Å². The van der Waals surface area contributed by atoms with E-state index in [4.69, 9.17) is 5.11 Å². The Morgan fingerprint density at radius 3 is 2.94 bits per heavy atom. The summed E-state index contributed by atoms with van der Waals surface area (Å²) in [6.07, 6.45) is 0. The second-order valence-corrected chi connectivity index (χ2v) is 4.46. The van der Waals surface area contributed by atoms with E-state index in [-0.39, 0.29) is 4.88 Å². The summed E-state index contributed by atoms with van der Waals surface area (Å²) in [4.78, 5) is 18.6. The van der Waals surface area contributed by atoms with E-state index in [1.54, 1.807) is 5.51 Å². The normalized spacial score (nSPS) is 10.8. The molecule has 0 saturated carbocycles. The van der Waals surface area contributed by atoms with Crippen LogP contribution in [0, 0.1) is 0 Å². The molecule has 0 amide bonds. The summed E-state index contributed by atoms with van der Waals surface area (Å²) >= 11 is 1.13. The van der Waals surface area contributed by atoms with E-state index in [9.17, 15) is 4.79 Å². The van der Waals surface area contributed by atoms with Gasteiger partial charge < -0.3 is 10.1 Å². The maximum Gasteiger partial charge on any atom is 0.348 e. The molecule has 2 heterocycles. The lowest BCUT2D eigenvalue weighted by atomic mass is 10.2. The smallest absolute Gasteiger partial charge is 0.348 e. The van der Waals surface area contributed by atoms with Crippen LogP contribution in [0.5, 0.6) is 0 Å². The topological polar surface area (TPSA) is 66.0 Å². The molecular formula is C12H8N2O2S. The van der Waals surface area contributed by atoms with Gasteiger partial charge in [-0.1, -0.05) is 18.2 Å². The lowest BCUT2D eigenvalue weighted by Crippen LogP contribution is -1.95. The number of carbonyl (C=O) groups is 1. The Kier molecular flexibility index (Phi) is 2.19. The summed E-state index contributed by atoms with van der Waals surface area (Å²) in [6, 6.07) is 9.71. The SMILES string of the molecule is O=C(O)c1scnc1-c1cc2ccccc2[nH]1. The number of nitrogens with zero attached hydrogens (tertiary/aromatic N) is 1. The van der Waals surface area contributed by atoms with Crippen molar-refractivity contribution < 1.29 is 9.90 Å². The molecule has 5 heteroatoms. The van der Waals surface area contributed by atoms with Crippen LogP contribution in [0.15, 0.2) is 35.8 Å². The molecule has 2 aromatic heterocycles. The van der Waals surface area contributed by atoms with Crippen molar-refractivity contribution in [2.24, 2.45) is 0 Å². The van der Waals surface area contributed by atoms with Crippen LogP contribution < -0.4 is 0 Å². The highest BCUT2D eigenvalue weighted by atomic mass is 32.1. The predicted octanol–water partition coefficient (Wildman–Crippen LogP) is 2.99. The Labute approximate surface area is 101 Å². The number of H-pyrrole nitrogens is 1. The Hall–Kier alpha value is -2.14. The zero-order valence-corrected chi connectivity index (χ0v) is 9.49. The van der Waals surface area contributed by atoms with Crippen LogP contribution in [0.2, 0.25) is 0 Å². The van der Waals surface area contributed by atoms with Crippen LogP contribution in [0.3, 0.4) is 0 Å². The first-order valence-corrected chi connectivity index (χ1v) is 5.88. The van der Waals surface area contributed by atoms with Crippen LogP contribution in [-0.2, 0) is 0 Å². The Bertz CT molecular complexity index is 666. The number of para-hydroxylation sites is 1. The van der Waals surface area contributed by atoms with Crippen LogP contribution in [0.25, 0.3) is 22.3 Å². The molecular weight excluding hydrogens is 236 g/mol. The van der Waals surface area contributed by atoms with Crippen molar-refractivity contribution in [2.45, 2.75) is 0 Å². The zero-order valence-electron chi connectivity index (χ0n) is 8.68. The lowest BCUT2D eigenvalue weighted by Gasteiger charge is -1.93. The van der Waals surface area contributed by atoms with Crippen molar-refractivity contribution in [3.8, 4) is 11.4 Å². The summed E-state index contributed by atoms with van der Waals surface area (Å²) in [5, 5.41) is 10.1. The summed E-state index contributed by atoms with van der Waals surface area (Å²) < 4.78 is 0. The molecule has 0 unspecified atom stereocenters.